The van der Waals surface area contributed by atoms with Gasteiger partial charge in [-0.05, 0) is 57.1 Å². The minimum absolute atomic E-state index is 0.0521. The summed E-state index contributed by atoms with van der Waals surface area (Å²) in [5, 5.41) is 49.9. The summed E-state index contributed by atoms with van der Waals surface area (Å²) >= 11 is 0. The van der Waals surface area contributed by atoms with Gasteiger partial charge in [-0.1, -0.05) is 0 Å². The van der Waals surface area contributed by atoms with Gasteiger partial charge in [0.1, 0.15) is 23.3 Å². The summed E-state index contributed by atoms with van der Waals surface area (Å²) in [5.41, 5.74) is 6.08. The fraction of sp³-hybridized carbons (Fsp3) is 0.593. The number of rotatable bonds is 6. The van der Waals surface area contributed by atoms with Crippen LogP contribution < -0.4 is 21.3 Å². The SMILES string of the molecule is CN(C)c1cc(NC(O)CNC(C)(C)C)c(O)c2c1CC1CC3CC(=O)C(C(N)=O)=C(O)C3C(O)C1C2=O. The molecule has 0 aromatic heterocycles. The van der Waals surface area contributed by atoms with Gasteiger partial charge >= 0.3 is 0 Å². The Hall–Kier alpha value is -3.15. The fourth-order valence-corrected chi connectivity index (χ4v) is 6.29. The van der Waals surface area contributed by atoms with Crippen molar-refractivity contribution < 1.29 is 34.8 Å². The summed E-state index contributed by atoms with van der Waals surface area (Å²) in [6.45, 7) is 6.05. The number of aliphatic hydroxyl groups excluding tert-OH is 3. The maximum absolute atomic E-state index is 13.9. The Balaban J connectivity index is 1.73. The first-order chi connectivity index (χ1) is 17.6. The molecule has 1 aromatic rings. The molecule has 1 amide bonds. The molecule has 11 heteroatoms. The Kier molecular flexibility index (Phi) is 7.24. The number of phenols is 1. The van der Waals surface area contributed by atoms with Gasteiger partial charge in [0.2, 0.25) is 0 Å². The van der Waals surface area contributed by atoms with Crippen molar-refractivity contribution in [3.8, 4) is 5.75 Å². The Morgan fingerprint density at radius 2 is 1.79 bits per heavy atom. The van der Waals surface area contributed by atoms with E-state index in [4.69, 9.17) is 5.73 Å². The molecule has 0 radical (unpaired) electrons. The van der Waals surface area contributed by atoms with Crippen molar-refractivity contribution in [1.82, 2.24) is 5.32 Å². The van der Waals surface area contributed by atoms with Crippen molar-refractivity contribution >= 4 is 28.8 Å². The molecule has 0 bridgehead atoms. The molecule has 1 saturated carbocycles. The molecule has 4 rings (SSSR count). The average molecular weight is 531 g/mol. The average Bonchev–Trinajstić information content (AvgIpc) is 2.77. The Morgan fingerprint density at radius 1 is 1.16 bits per heavy atom. The summed E-state index contributed by atoms with van der Waals surface area (Å²) < 4.78 is 0. The number of β-amino-alcohol motifs (C(OH)–C–C–N with tert-alkyl or cyclic N) is 1. The van der Waals surface area contributed by atoms with Crippen molar-refractivity contribution in [2.24, 2.45) is 29.4 Å². The first kappa shape index (κ1) is 27.9. The Labute approximate surface area is 221 Å². The summed E-state index contributed by atoms with van der Waals surface area (Å²) in [5.74, 6) is -5.73. The van der Waals surface area contributed by atoms with Gasteiger partial charge < -0.3 is 41.7 Å². The zero-order valence-electron chi connectivity index (χ0n) is 22.4. The first-order valence-electron chi connectivity index (χ1n) is 12.9. The van der Waals surface area contributed by atoms with Crippen LogP contribution in [0.5, 0.6) is 5.75 Å². The smallest absolute Gasteiger partial charge is 0.255 e. The van der Waals surface area contributed by atoms with Crippen LogP contribution in [-0.4, -0.2) is 76.4 Å². The van der Waals surface area contributed by atoms with Gasteiger partial charge in [0.25, 0.3) is 5.91 Å². The van der Waals surface area contributed by atoms with E-state index in [1.807, 2.05) is 39.8 Å². The molecule has 3 aliphatic carbocycles. The molecular formula is C27H38N4O7. The number of nitrogens with zero attached hydrogens (tertiary/aromatic N) is 1. The molecule has 8 N–H and O–H groups in total. The number of benzene rings is 1. The van der Waals surface area contributed by atoms with E-state index in [-0.39, 0.29) is 41.4 Å². The number of aromatic hydroxyl groups is 1. The van der Waals surface area contributed by atoms with Crippen LogP contribution in [0.3, 0.4) is 0 Å². The lowest BCUT2D eigenvalue weighted by atomic mass is 9.57. The number of anilines is 2. The fourth-order valence-electron chi connectivity index (χ4n) is 6.29. The number of ketones is 2. The van der Waals surface area contributed by atoms with Gasteiger partial charge in [-0.2, -0.15) is 0 Å². The summed E-state index contributed by atoms with van der Waals surface area (Å²) in [7, 11) is 3.62. The molecular weight excluding hydrogens is 492 g/mol. The highest BCUT2D eigenvalue weighted by Gasteiger charge is 2.55. The summed E-state index contributed by atoms with van der Waals surface area (Å²) in [4.78, 5) is 40.0. The van der Waals surface area contributed by atoms with Gasteiger partial charge in [-0.15, -0.1) is 0 Å². The van der Waals surface area contributed by atoms with Crippen LogP contribution in [0.25, 0.3) is 0 Å². The van der Waals surface area contributed by atoms with E-state index >= 15 is 0 Å². The normalized spacial score (nSPS) is 27.8. The van der Waals surface area contributed by atoms with Crippen LogP contribution in [0.1, 0.15) is 49.5 Å². The predicted molar refractivity (Wildman–Crippen MR) is 141 cm³/mol. The van der Waals surface area contributed by atoms with E-state index in [9.17, 15) is 34.8 Å². The molecule has 0 heterocycles. The molecule has 38 heavy (non-hydrogen) atoms. The van der Waals surface area contributed by atoms with Gasteiger partial charge in [-0.25, -0.2) is 0 Å². The van der Waals surface area contributed by atoms with Crippen LogP contribution in [0.2, 0.25) is 0 Å². The number of phenolic OH excluding ortho intramolecular Hbond substituents is 1. The van der Waals surface area contributed by atoms with Crippen molar-refractivity contribution in [1.29, 1.82) is 0 Å². The number of nitrogens with one attached hydrogen (secondary N) is 2. The highest BCUT2D eigenvalue weighted by Crippen LogP contribution is 2.53. The van der Waals surface area contributed by atoms with Crippen LogP contribution >= 0.6 is 0 Å². The van der Waals surface area contributed by atoms with Gasteiger partial charge in [0.15, 0.2) is 11.6 Å². The molecule has 1 aromatic carbocycles. The van der Waals surface area contributed by atoms with Crippen LogP contribution in [0, 0.1) is 23.7 Å². The Bertz CT molecular complexity index is 1200. The lowest BCUT2D eigenvalue weighted by Gasteiger charge is -2.48. The first-order valence-corrected chi connectivity index (χ1v) is 12.9. The molecule has 0 spiro atoms. The van der Waals surface area contributed by atoms with Gasteiger partial charge in [0, 0.05) is 44.2 Å². The molecule has 3 aliphatic rings. The molecule has 0 aliphatic heterocycles. The zero-order valence-corrected chi connectivity index (χ0v) is 22.4. The number of aliphatic hydroxyl groups is 3. The third-order valence-electron chi connectivity index (χ3n) is 7.93. The van der Waals surface area contributed by atoms with Crippen molar-refractivity contribution in [3.05, 3.63) is 28.5 Å². The van der Waals surface area contributed by atoms with E-state index in [0.717, 1.165) is 0 Å². The standard InChI is InChI=1S/C27H38N4O7/c1-27(2,3)29-10-17(33)30-14-9-15(31(4)5)13-7-11-6-12-8-16(32)21(26(28)38)25(37)19(12)23(35)18(11)24(36)20(13)22(14)34/h9,11-12,17-19,23,29-30,33-35,37H,6-8,10H2,1-5H3,(H2,28,38). The van der Waals surface area contributed by atoms with Gasteiger partial charge in [-0.3, -0.25) is 14.4 Å². The number of hydrogen-bond donors (Lipinski definition) is 7. The minimum Gasteiger partial charge on any atom is -0.511 e. The monoisotopic (exact) mass is 530 g/mol. The molecule has 11 nitrogen and oxygen atoms in total. The maximum atomic E-state index is 13.9. The molecule has 208 valence electrons. The lowest BCUT2D eigenvalue weighted by molar-refractivity contribution is -0.125. The number of hydrogen-bond acceptors (Lipinski definition) is 10. The van der Waals surface area contributed by atoms with E-state index in [1.54, 1.807) is 6.07 Å². The van der Waals surface area contributed by atoms with E-state index in [2.05, 4.69) is 10.6 Å². The van der Waals surface area contributed by atoms with Crippen molar-refractivity contribution in [2.75, 3.05) is 30.9 Å². The second kappa shape index (κ2) is 9.87. The zero-order chi connectivity index (χ0) is 28.3. The number of carbonyl (C=O) groups excluding carboxylic acids is 3. The summed E-state index contributed by atoms with van der Waals surface area (Å²) in [6, 6.07) is 1.68. The maximum Gasteiger partial charge on any atom is 0.255 e. The number of primary amides is 1. The molecule has 6 unspecified atom stereocenters. The second-order valence-corrected chi connectivity index (χ2v) is 11.9. The molecule has 6 atom stereocenters. The van der Waals surface area contributed by atoms with Crippen LogP contribution in [0.4, 0.5) is 11.4 Å². The summed E-state index contributed by atoms with van der Waals surface area (Å²) in [6.07, 6.45) is -1.74. The lowest BCUT2D eigenvalue weighted by Crippen LogP contribution is -2.53. The van der Waals surface area contributed by atoms with Crippen LogP contribution in [-0.2, 0) is 16.0 Å². The topological polar surface area (TPSA) is 185 Å². The third-order valence-corrected chi connectivity index (χ3v) is 7.93. The Morgan fingerprint density at radius 3 is 2.37 bits per heavy atom. The van der Waals surface area contributed by atoms with E-state index < -0.39 is 58.9 Å². The third kappa shape index (κ3) is 4.85. The number of nitrogens with two attached hydrogens (primary N) is 1. The van der Waals surface area contributed by atoms with Crippen molar-refractivity contribution in [3.63, 3.8) is 0 Å². The quantitative estimate of drug-likeness (QED) is 0.158. The van der Waals surface area contributed by atoms with Gasteiger partial charge in [0.05, 0.1) is 23.3 Å². The second-order valence-electron chi connectivity index (χ2n) is 11.9. The number of Topliss-reactive ketones (excluding diaryl/α,β-unsaturated/α-hetero) is 2. The minimum atomic E-state index is -1.37. The number of carbonyl (C=O) groups is 3. The number of amides is 1. The highest BCUT2D eigenvalue weighted by molar-refractivity contribution is 6.19. The highest BCUT2D eigenvalue weighted by atomic mass is 16.3. The largest absolute Gasteiger partial charge is 0.511 e. The molecule has 0 saturated heterocycles. The van der Waals surface area contributed by atoms with Crippen molar-refractivity contribution in [2.45, 2.75) is 57.9 Å². The number of fused-ring (bicyclic) bond motifs is 3. The van der Waals surface area contributed by atoms with E-state index in [1.165, 1.54) is 0 Å². The molecule has 1 fully saturated rings. The van der Waals surface area contributed by atoms with E-state index in [0.29, 0.717) is 24.1 Å². The predicted octanol–water partition coefficient (Wildman–Crippen LogP) is 0.815. The van der Waals surface area contributed by atoms with Crippen LogP contribution in [0.15, 0.2) is 17.4 Å².